The molecule has 1 aliphatic rings. The molecule has 0 aliphatic carbocycles. The molecule has 3 aromatic carbocycles. The lowest BCUT2D eigenvalue weighted by Gasteiger charge is -2.26. The molecule has 0 saturated carbocycles. The summed E-state index contributed by atoms with van der Waals surface area (Å²) in [5.41, 5.74) is 7.51. The average Bonchev–Trinajstić information content (AvgIpc) is 3.20. The summed E-state index contributed by atoms with van der Waals surface area (Å²) in [7, 11) is 0. The molecule has 7 heteroatoms. The SMILES string of the molecule is Cc1cc2nc(Cc3cccc(Cl)c3)n(Cc3ccc(C(=O)NCCN4CCOCC4)cc3)c2cc1C. The van der Waals surface area contributed by atoms with E-state index in [9.17, 15) is 4.79 Å². The van der Waals surface area contributed by atoms with Crippen LogP contribution in [0.25, 0.3) is 11.0 Å². The Labute approximate surface area is 223 Å². The molecule has 1 N–H and O–H groups in total. The lowest BCUT2D eigenvalue weighted by molar-refractivity contribution is 0.0383. The van der Waals surface area contributed by atoms with Gasteiger partial charge in [0.2, 0.25) is 0 Å². The molecule has 1 aromatic heterocycles. The van der Waals surface area contributed by atoms with Crippen molar-refractivity contribution < 1.29 is 9.53 Å². The summed E-state index contributed by atoms with van der Waals surface area (Å²) < 4.78 is 7.66. The molecular formula is C30H33ClN4O2. The summed E-state index contributed by atoms with van der Waals surface area (Å²) in [5.74, 6) is 0.952. The number of morpholine rings is 1. The summed E-state index contributed by atoms with van der Waals surface area (Å²) in [6, 6.07) is 20.2. The molecule has 2 heterocycles. The van der Waals surface area contributed by atoms with Gasteiger partial charge in [-0.25, -0.2) is 4.98 Å². The van der Waals surface area contributed by atoms with E-state index in [-0.39, 0.29) is 5.91 Å². The number of carbonyl (C=O) groups is 1. The number of halogens is 1. The van der Waals surface area contributed by atoms with Crippen molar-refractivity contribution in [2.24, 2.45) is 0 Å². The van der Waals surface area contributed by atoms with Crippen molar-refractivity contribution in [2.75, 3.05) is 39.4 Å². The van der Waals surface area contributed by atoms with Crippen LogP contribution in [0.5, 0.6) is 0 Å². The Balaban J connectivity index is 1.32. The molecule has 0 bridgehead atoms. The number of hydrogen-bond acceptors (Lipinski definition) is 4. The van der Waals surface area contributed by atoms with Crippen molar-refractivity contribution in [1.29, 1.82) is 0 Å². The van der Waals surface area contributed by atoms with Crippen molar-refractivity contribution in [3.63, 3.8) is 0 Å². The summed E-state index contributed by atoms with van der Waals surface area (Å²) in [5, 5.41) is 3.77. The molecule has 0 spiro atoms. The Kier molecular flexibility index (Phi) is 7.89. The third kappa shape index (κ3) is 6.21. The van der Waals surface area contributed by atoms with Gasteiger partial charge >= 0.3 is 0 Å². The van der Waals surface area contributed by atoms with Crippen molar-refractivity contribution in [2.45, 2.75) is 26.8 Å². The lowest BCUT2D eigenvalue weighted by Crippen LogP contribution is -2.41. The van der Waals surface area contributed by atoms with Gasteiger partial charge in [-0.1, -0.05) is 35.9 Å². The van der Waals surface area contributed by atoms with Crippen LogP contribution in [0.15, 0.2) is 60.7 Å². The number of aromatic nitrogens is 2. The van der Waals surface area contributed by atoms with Gasteiger partial charge < -0.3 is 14.6 Å². The molecule has 0 unspecified atom stereocenters. The topological polar surface area (TPSA) is 59.4 Å². The second kappa shape index (κ2) is 11.5. The van der Waals surface area contributed by atoms with Crippen molar-refractivity contribution in [1.82, 2.24) is 19.8 Å². The van der Waals surface area contributed by atoms with Gasteiger partial charge in [-0.3, -0.25) is 9.69 Å². The summed E-state index contributed by atoms with van der Waals surface area (Å²) >= 11 is 6.25. The minimum absolute atomic E-state index is 0.0411. The number of nitrogens with one attached hydrogen (secondary N) is 1. The van der Waals surface area contributed by atoms with Gasteiger partial charge in [-0.2, -0.15) is 0 Å². The maximum Gasteiger partial charge on any atom is 0.251 e. The van der Waals surface area contributed by atoms with Crippen LogP contribution in [0.1, 0.15) is 38.4 Å². The normalized spacial score (nSPS) is 14.2. The predicted octanol–water partition coefficient (Wildman–Crippen LogP) is 5.01. The standard InChI is InChI=1S/C30H33ClN4O2/c1-21-16-27-28(17-22(21)2)35(29(33-27)19-24-4-3-5-26(31)18-24)20-23-6-8-25(9-7-23)30(36)32-10-11-34-12-14-37-15-13-34/h3-9,16-18H,10-15,19-20H2,1-2H3,(H,32,36). The minimum atomic E-state index is -0.0411. The maximum atomic E-state index is 12.7. The Morgan fingerprint density at radius 3 is 2.51 bits per heavy atom. The highest BCUT2D eigenvalue weighted by atomic mass is 35.5. The summed E-state index contributed by atoms with van der Waals surface area (Å²) in [6.45, 7) is 9.78. The van der Waals surface area contributed by atoms with Crippen molar-refractivity contribution >= 4 is 28.5 Å². The van der Waals surface area contributed by atoms with E-state index in [1.54, 1.807) is 0 Å². The third-order valence-corrected chi connectivity index (χ3v) is 7.30. The number of carbonyl (C=O) groups excluding carboxylic acids is 1. The molecule has 4 aromatic rings. The molecule has 37 heavy (non-hydrogen) atoms. The number of fused-ring (bicyclic) bond motifs is 1. The fraction of sp³-hybridized carbons (Fsp3) is 0.333. The van der Waals surface area contributed by atoms with Crippen LogP contribution in [0.4, 0.5) is 0 Å². The Hall–Kier alpha value is -3.19. The highest BCUT2D eigenvalue weighted by Gasteiger charge is 2.15. The van der Waals surface area contributed by atoms with Crippen LogP contribution < -0.4 is 5.32 Å². The second-order valence-electron chi connectivity index (χ2n) is 9.75. The van der Waals surface area contributed by atoms with Crippen LogP contribution in [0, 0.1) is 13.8 Å². The molecule has 0 radical (unpaired) electrons. The zero-order valence-electron chi connectivity index (χ0n) is 21.5. The molecule has 1 saturated heterocycles. The quantitative estimate of drug-likeness (QED) is 0.358. The smallest absolute Gasteiger partial charge is 0.251 e. The van der Waals surface area contributed by atoms with E-state index in [1.165, 1.54) is 11.1 Å². The Morgan fingerprint density at radius 1 is 1.00 bits per heavy atom. The highest BCUT2D eigenvalue weighted by molar-refractivity contribution is 6.30. The van der Waals surface area contributed by atoms with Crippen LogP contribution in [0.2, 0.25) is 5.02 Å². The van der Waals surface area contributed by atoms with E-state index in [0.29, 0.717) is 25.1 Å². The van der Waals surface area contributed by atoms with Crippen LogP contribution >= 0.6 is 11.6 Å². The molecule has 1 amide bonds. The molecule has 1 aliphatic heterocycles. The highest BCUT2D eigenvalue weighted by Crippen LogP contribution is 2.24. The molecule has 6 nitrogen and oxygen atoms in total. The number of benzene rings is 3. The van der Waals surface area contributed by atoms with E-state index in [0.717, 1.165) is 65.9 Å². The van der Waals surface area contributed by atoms with Gasteiger partial charge in [0, 0.05) is 49.7 Å². The molecule has 5 rings (SSSR count). The zero-order valence-corrected chi connectivity index (χ0v) is 22.2. The first-order chi connectivity index (χ1) is 18.0. The van der Waals surface area contributed by atoms with Gasteiger partial charge in [0.25, 0.3) is 5.91 Å². The minimum Gasteiger partial charge on any atom is -0.379 e. The number of ether oxygens (including phenoxy) is 1. The van der Waals surface area contributed by atoms with Gasteiger partial charge in [0.15, 0.2) is 0 Å². The monoisotopic (exact) mass is 516 g/mol. The third-order valence-electron chi connectivity index (χ3n) is 7.07. The summed E-state index contributed by atoms with van der Waals surface area (Å²) in [6.07, 6.45) is 0.691. The predicted molar refractivity (Wildman–Crippen MR) is 149 cm³/mol. The van der Waals surface area contributed by atoms with E-state index >= 15 is 0 Å². The van der Waals surface area contributed by atoms with Gasteiger partial charge in [-0.05, 0) is 72.5 Å². The summed E-state index contributed by atoms with van der Waals surface area (Å²) in [4.78, 5) is 20.0. The van der Waals surface area contributed by atoms with Gasteiger partial charge in [0.05, 0.1) is 24.2 Å². The first-order valence-electron chi connectivity index (χ1n) is 12.8. The Morgan fingerprint density at radius 2 is 1.76 bits per heavy atom. The number of imidazole rings is 1. The van der Waals surface area contributed by atoms with Gasteiger partial charge in [-0.15, -0.1) is 0 Å². The van der Waals surface area contributed by atoms with E-state index in [4.69, 9.17) is 21.3 Å². The number of aryl methyl sites for hydroxylation is 2. The molecular weight excluding hydrogens is 484 g/mol. The Bertz CT molecular complexity index is 1390. The largest absolute Gasteiger partial charge is 0.379 e. The van der Waals surface area contributed by atoms with E-state index in [1.807, 2.05) is 42.5 Å². The van der Waals surface area contributed by atoms with Crippen molar-refractivity contribution in [3.05, 3.63) is 99.3 Å². The number of amides is 1. The van der Waals surface area contributed by atoms with Crippen LogP contribution in [0.3, 0.4) is 0 Å². The average molecular weight is 517 g/mol. The number of hydrogen-bond donors (Lipinski definition) is 1. The molecule has 1 fully saturated rings. The lowest BCUT2D eigenvalue weighted by atomic mass is 10.1. The zero-order chi connectivity index (χ0) is 25.8. The molecule has 0 atom stereocenters. The van der Waals surface area contributed by atoms with E-state index in [2.05, 4.69) is 46.8 Å². The number of rotatable bonds is 8. The maximum absolute atomic E-state index is 12.7. The number of nitrogens with zero attached hydrogens (tertiary/aromatic N) is 3. The van der Waals surface area contributed by atoms with Crippen molar-refractivity contribution in [3.8, 4) is 0 Å². The fourth-order valence-electron chi connectivity index (χ4n) is 4.77. The van der Waals surface area contributed by atoms with E-state index < -0.39 is 0 Å². The van der Waals surface area contributed by atoms with Crippen LogP contribution in [-0.2, 0) is 17.7 Å². The fourth-order valence-corrected chi connectivity index (χ4v) is 4.98. The van der Waals surface area contributed by atoms with Gasteiger partial charge in [0.1, 0.15) is 5.82 Å². The molecule has 192 valence electrons. The second-order valence-corrected chi connectivity index (χ2v) is 10.2. The first kappa shape index (κ1) is 25.5. The van der Waals surface area contributed by atoms with Crippen LogP contribution in [-0.4, -0.2) is 59.8 Å². The first-order valence-corrected chi connectivity index (χ1v) is 13.2.